The van der Waals surface area contributed by atoms with Crippen molar-refractivity contribution in [2.45, 2.75) is 20.0 Å². The van der Waals surface area contributed by atoms with Crippen molar-refractivity contribution in [2.75, 3.05) is 0 Å². The minimum absolute atomic E-state index is 0.113. The van der Waals surface area contributed by atoms with E-state index in [-0.39, 0.29) is 11.7 Å². The zero-order valence-corrected chi connectivity index (χ0v) is 8.54. The third-order valence-corrected chi connectivity index (χ3v) is 1.85. The van der Waals surface area contributed by atoms with E-state index in [2.05, 4.69) is 10.3 Å². The Morgan fingerprint density at radius 2 is 2.07 bits per heavy atom. The van der Waals surface area contributed by atoms with E-state index >= 15 is 0 Å². The molecule has 0 fully saturated rings. The highest BCUT2D eigenvalue weighted by Gasteiger charge is 2.06. The Morgan fingerprint density at radius 1 is 1.33 bits per heavy atom. The Balaban J connectivity index is 2.60. The maximum atomic E-state index is 11.8. The Morgan fingerprint density at radius 3 is 2.80 bits per heavy atom. The van der Waals surface area contributed by atoms with Crippen LogP contribution in [0.4, 0.5) is 0 Å². The maximum absolute atomic E-state index is 11.8. The first-order valence-electron chi connectivity index (χ1n) is 4.70. The summed E-state index contributed by atoms with van der Waals surface area (Å²) in [6, 6.07) is 7.03. The first-order chi connectivity index (χ1) is 7.18. The SMILES string of the molecule is CC(C)On1nnc2ccccc2c1=O. The molecule has 0 bridgehead atoms. The molecule has 0 aliphatic carbocycles. The fourth-order valence-electron chi connectivity index (χ4n) is 1.24. The van der Waals surface area contributed by atoms with Crippen LogP contribution in [0.25, 0.3) is 10.9 Å². The molecule has 1 aromatic carbocycles. The summed E-state index contributed by atoms with van der Waals surface area (Å²) in [5.41, 5.74) is 0.292. The fraction of sp³-hybridized carbons (Fsp3) is 0.300. The number of hydrogen-bond donors (Lipinski definition) is 0. The van der Waals surface area contributed by atoms with E-state index in [0.29, 0.717) is 10.9 Å². The quantitative estimate of drug-likeness (QED) is 0.721. The minimum Gasteiger partial charge on any atom is -0.390 e. The van der Waals surface area contributed by atoms with Crippen LogP contribution in [-0.2, 0) is 0 Å². The average Bonchev–Trinajstić information content (AvgIpc) is 2.22. The molecular weight excluding hydrogens is 194 g/mol. The van der Waals surface area contributed by atoms with Crippen LogP contribution in [-0.4, -0.2) is 21.3 Å². The summed E-state index contributed by atoms with van der Waals surface area (Å²) in [4.78, 5) is 17.9. The van der Waals surface area contributed by atoms with E-state index in [1.807, 2.05) is 19.9 Å². The molecular formula is C10H11N3O2. The fourth-order valence-corrected chi connectivity index (χ4v) is 1.24. The Bertz CT molecular complexity index is 533. The third kappa shape index (κ3) is 1.81. The zero-order chi connectivity index (χ0) is 10.8. The van der Waals surface area contributed by atoms with Gasteiger partial charge < -0.3 is 4.84 Å². The molecule has 0 amide bonds. The summed E-state index contributed by atoms with van der Waals surface area (Å²) in [5, 5.41) is 8.07. The van der Waals surface area contributed by atoms with Crippen LogP contribution in [0.1, 0.15) is 13.8 Å². The molecule has 5 nitrogen and oxygen atoms in total. The van der Waals surface area contributed by atoms with Gasteiger partial charge in [-0.05, 0) is 36.0 Å². The van der Waals surface area contributed by atoms with Gasteiger partial charge in [-0.1, -0.05) is 12.1 Å². The molecule has 2 rings (SSSR count). The first kappa shape index (κ1) is 9.64. The van der Waals surface area contributed by atoms with Crippen LogP contribution in [0.2, 0.25) is 0 Å². The summed E-state index contributed by atoms with van der Waals surface area (Å²) in [6.07, 6.45) is -0.113. The van der Waals surface area contributed by atoms with Gasteiger partial charge in [-0.3, -0.25) is 4.79 Å². The van der Waals surface area contributed by atoms with Gasteiger partial charge in [-0.2, -0.15) is 0 Å². The van der Waals surface area contributed by atoms with E-state index in [4.69, 9.17) is 4.84 Å². The standard InChI is InChI=1S/C10H11N3O2/c1-7(2)15-13-10(14)8-5-3-4-6-9(8)11-12-13/h3-7H,1-2H3. The second kappa shape index (κ2) is 3.68. The second-order valence-corrected chi connectivity index (χ2v) is 3.44. The number of aromatic nitrogens is 3. The molecule has 0 saturated heterocycles. The number of hydrogen-bond acceptors (Lipinski definition) is 4. The molecule has 0 atom stereocenters. The monoisotopic (exact) mass is 205 g/mol. The zero-order valence-electron chi connectivity index (χ0n) is 8.54. The first-order valence-corrected chi connectivity index (χ1v) is 4.70. The van der Waals surface area contributed by atoms with Gasteiger partial charge in [0.2, 0.25) is 0 Å². The van der Waals surface area contributed by atoms with E-state index in [1.165, 1.54) is 0 Å². The van der Waals surface area contributed by atoms with Crippen molar-refractivity contribution in [3.63, 3.8) is 0 Å². The van der Waals surface area contributed by atoms with Gasteiger partial charge in [0.1, 0.15) is 11.6 Å². The molecule has 1 heterocycles. The molecule has 0 spiro atoms. The van der Waals surface area contributed by atoms with Gasteiger partial charge in [-0.15, -0.1) is 5.10 Å². The smallest absolute Gasteiger partial charge is 0.314 e. The number of nitrogens with zero attached hydrogens (tertiary/aromatic N) is 3. The molecule has 0 aliphatic rings. The highest BCUT2D eigenvalue weighted by Crippen LogP contribution is 2.02. The Hall–Kier alpha value is -1.91. The largest absolute Gasteiger partial charge is 0.390 e. The lowest BCUT2D eigenvalue weighted by Crippen LogP contribution is -2.33. The van der Waals surface area contributed by atoms with Crippen molar-refractivity contribution in [1.29, 1.82) is 0 Å². The normalized spacial score (nSPS) is 10.9. The molecule has 15 heavy (non-hydrogen) atoms. The molecule has 78 valence electrons. The van der Waals surface area contributed by atoms with Crippen molar-refractivity contribution in [3.8, 4) is 0 Å². The molecule has 0 aliphatic heterocycles. The van der Waals surface area contributed by atoms with E-state index < -0.39 is 0 Å². The van der Waals surface area contributed by atoms with Gasteiger partial charge in [0, 0.05) is 0 Å². The summed E-state index contributed by atoms with van der Waals surface area (Å²) < 4.78 is 0. The molecule has 0 N–H and O–H groups in total. The topological polar surface area (TPSA) is 57.0 Å². The Kier molecular flexibility index (Phi) is 2.37. The minimum atomic E-state index is -0.283. The molecule has 0 radical (unpaired) electrons. The van der Waals surface area contributed by atoms with Crippen LogP contribution < -0.4 is 10.4 Å². The van der Waals surface area contributed by atoms with Crippen molar-refractivity contribution in [2.24, 2.45) is 0 Å². The average molecular weight is 205 g/mol. The molecule has 1 aromatic heterocycles. The van der Waals surface area contributed by atoms with Gasteiger partial charge in [0.15, 0.2) is 0 Å². The van der Waals surface area contributed by atoms with Crippen molar-refractivity contribution in [3.05, 3.63) is 34.6 Å². The maximum Gasteiger partial charge on any atom is 0.314 e. The molecule has 0 unspecified atom stereocenters. The predicted molar refractivity (Wildman–Crippen MR) is 55.5 cm³/mol. The van der Waals surface area contributed by atoms with Gasteiger partial charge in [0.25, 0.3) is 0 Å². The lowest BCUT2D eigenvalue weighted by atomic mass is 10.2. The summed E-state index contributed by atoms with van der Waals surface area (Å²) in [6.45, 7) is 3.65. The highest BCUT2D eigenvalue weighted by molar-refractivity contribution is 5.76. The number of rotatable bonds is 2. The molecule has 0 saturated carbocycles. The lowest BCUT2D eigenvalue weighted by molar-refractivity contribution is 0.0230. The van der Waals surface area contributed by atoms with Crippen LogP contribution in [0, 0.1) is 0 Å². The highest BCUT2D eigenvalue weighted by atomic mass is 16.7. The Labute approximate surface area is 86.2 Å². The summed E-state index contributed by atoms with van der Waals surface area (Å²) >= 11 is 0. The second-order valence-electron chi connectivity index (χ2n) is 3.44. The van der Waals surface area contributed by atoms with Gasteiger partial charge in [-0.25, -0.2) is 0 Å². The van der Waals surface area contributed by atoms with Crippen molar-refractivity contribution >= 4 is 10.9 Å². The number of benzene rings is 1. The molecule has 5 heteroatoms. The third-order valence-electron chi connectivity index (χ3n) is 1.85. The van der Waals surface area contributed by atoms with Crippen LogP contribution in [0.3, 0.4) is 0 Å². The molecule has 2 aromatic rings. The van der Waals surface area contributed by atoms with Crippen LogP contribution >= 0.6 is 0 Å². The summed E-state index contributed by atoms with van der Waals surface area (Å²) in [7, 11) is 0. The number of fused-ring (bicyclic) bond motifs is 1. The predicted octanol–water partition coefficient (Wildman–Crippen LogP) is 0.629. The summed E-state index contributed by atoms with van der Waals surface area (Å²) in [5.74, 6) is 0. The van der Waals surface area contributed by atoms with Crippen molar-refractivity contribution in [1.82, 2.24) is 15.2 Å². The van der Waals surface area contributed by atoms with Gasteiger partial charge >= 0.3 is 5.56 Å². The van der Waals surface area contributed by atoms with E-state index in [9.17, 15) is 4.79 Å². The van der Waals surface area contributed by atoms with E-state index in [0.717, 1.165) is 4.85 Å². The lowest BCUT2D eigenvalue weighted by Gasteiger charge is -2.08. The van der Waals surface area contributed by atoms with Crippen LogP contribution in [0.15, 0.2) is 29.1 Å². The van der Waals surface area contributed by atoms with Gasteiger partial charge in [0.05, 0.1) is 5.39 Å². The van der Waals surface area contributed by atoms with Crippen LogP contribution in [0.5, 0.6) is 0 Å². The van der Waals surface area contributed by atoms with E-state index in [1.54, 1.807) is 18.2 Å². The van der Waals surface area contributed by atoms with Crippen molar-refractivity contribution < 1.29 is 4.84 Å².